The van der Waals surface area contributed by atoms with E-state index in [4.69, 9.17) is 5.11 Å². The Morgan fingerprint density at radius 3 is 2.76 bits per heavy atom. The van der Waals surface area contributed by atoms with Gasteiger partial charge in [-0.1, -0.05) is 6.42 Å². The average Bonchev–Trinajstić information content (AvgIpc) is 2.22. The van der Waals surface area contributed by atoms with Crippen molar-refractivity contribution in [3.8, 4) is 5.75 Å². The van der Waals surface area contributed by atoms with Gasteiger partial charge in [-0.3, -0.25) is 4.79 Å². The van der Waals surface area contributed by atoms with E-state index < -0.39 is 5.82 Å². The molecular formula is C13H16FNO2. The Labute approximate surface area is 99.9 Å². The van der Waals surface area contributed by atoms with Gasteiger partial charge in [-0.15, -0.1) is 0 Å². The monoisotopic (exact) mass is 237 g/mol. The predicted octanol–water partition coefficient (Wildman–Crippen LogP) is 2.40. The van der Waals surface area contributed by atoms with Crippen molar-refractivity contribution in [2.75, 3.05) is 13.6 Å². The van der Waals surface area contributed by atoms with Crippen LogP contribution >= 0.6 is 0 Å². The lowest BCUT2D eigenvalue weighted by Gasteiger charge is -2.30. The van der Waals surface area contributed by atoms with Crippen molar-refractivity contribution in [3.05, 3.63) is 29.6 Å². The van der Waals surface area contributed by atoms with Crippen LogP contribution < -0.4 is 0 Å². The van der Waals surface area contributed by atoms with Crippen LogP contribution in [0.5, 0.6) is 5.75 Å². The van der Waals surface area contributed by atoms with E-state index in [2.05, 4.69) is 0 Å². The van der Waals surface area contributed by atoms with E-state index in [0.29, 0.717) is 12.5 Å². The van der Waals surface area contributed by atoms with Gasteiger partial charge in [0.15, 0.2) is 0 Å². The molecule has 0 spiro atoms. The molecule has 0 aromatic heterocycles. The fourth-order valence-electron chi connectivity index (χ4n) is 2.03. The summed E-state index contributed by atoms with van der Waals surface area (Å²) in [5, 5.41) is 9.09. The molecule has 4 heteroatoms. The molecule has 0 unspecified atom stereocenters. The molecular weight excluding hydrogens is 221 g/mol. The molecule has 0 saturated heterocycles. The molecule has 2 rings (SSSR count). The Balaban J connectivity index is 2.07. The molecule has 92 valence electrons. The topological polar surface area (TPSA) is 40.5 Å². The van der Waals surface area contributed by atoms with Crippen molar-refractivity contribution < 1.29 is 14.3 Å². The van der Waals surface area contributed by atoms with Crippen LogP contribution in [0.2, 0.25) is 0 Å². The second-order valence-electron chi connectivity index (χ2n) is 4.65. The molecule has 1 fully saturated rings. The summed E-state index contributed by atoms with van der Waals surface area (Å²) in [7, 11) is 1.69. The van der Waals surface area contributed by atoms with Gasteiger partial charge in [-0.25, -0.2) is 4.39 Å². The molecule has 1 aliphatic rings. The Morgan fingerprint density at radius 2 is 2.24 bits per heavy atom. The van der Waals surface area contributed by atoms with Crippen molar-refractivity contribution >= 4 is 5.91 Å². The molecule has 0 aliphatic heterocycles. The zero-order valence-corrected chi connectivity index (χ0v) is 9.82. The number of nitrogens with zero attached hydrogens (tertiary/aromatic N) is 1. The third kappa shape index (κ3) is 2.57. The smallest absolute Gasteiger partial charge is 0.256 e. The van der Waals surface area contributed by atoms with E-state index >= 15 is 0 Å². The summed E-state index contributed by atoms with van der Waals surface area (Å²) in [6, 6.07) is 3.61. The van der Waals surface area contributed by atoms with Crippen LogP contribution in [0.3, 0.4) is 0 Å². The summed E-state index contributed by atoms with van der Waals surface area (Å²) in [5.41, 5.74) is 0.0182. The standard InChI is InChI=1S/C13H16FNO2/c1-15(8-9-3-2-4-9)13(17)11-6-5-10(16)7-12(11)14/h5-7,9,16H,2-4,8H2,1H3. The van der Waals surface area contributed by atoms with Crippen LogP contribution in [0, 0.1) is 11.7 Å². The lowest BCUT2D eigenvalue weighted by Crippen LogP contribution is -2.34. The molecule has 0 heterocycles. The maximum Gasteiger partial charge on any atom is 0.256 e. The third-order valence-electron chi connectivity index (χ3n) is 3.29. The Kier molecular flexibility index (Phi) is 3.31. The van der Waals surface area contributed by atoms with Crippen LogP contribution in [0.15, 0.2) is 18.2 Å². The molecule has 0 radical (unpaired) electrons. The van der Waals surface area contributed by atoms with E-state index in [1.165, 1.54) is 18.6 Å². The zero-order chi connectivity index (χ0) is 12.4. The van der Waals surface area contributed by atoms with Gasteiger partial charge >= 0.3 is 0 Å². The first-order chi connectivity index (χ1) is 8.08. The number of carbonyl (C=O) groups is 1. The average molecular weight is 237 g/mol. The lowest BCUT2D eigenvalue weighted by molar-refractivity contribution is 0.0740. The van der Waals surface area contributed by atoms with Gasteiger partial charge in [0.2, 0.25) is 0 Å². The molecule has 1 amide bonds. The van der Waals surface area contributed by atoms with E-state index in [9.17, 15) is 9.18 Å². The molecule has 1 saturated carbocycles. The van der Waals surface area contributed by atoms with Gasteiger partial charge in [0.1, 0.15) is 11.6 Å². The number of hydrogen-bond acceptors (Lipinski definition) is 2. The first-order valence-electron chi connectivity index (χ1n) is 5.82. The quantitative estimate of drug-likeness (QED) is 0.877. The second-order valence-corrected chi connectivity index (χ2v) is 4.65. The third-order valence-corrected chi connectivity index (χ3v) is 3.29. The van der Waals surface area contributed by atoms with Gasteiger partial charge in [0.25, 0.3) is 5.91 Å². The Morgan fingerprint density at radius 1 is 1.53 bits per heavy atom. The molecule has 1 aromatic carbocycles. The lowest BCUT2D eigenvalue weighted by atomic mass is 9.85. The SMILES string of the molecule is CN(CC1CCC1)C(=O)c1ccc(O)cc1F. The molecule has 1 N–H and O–H groups in total. The fraction of sp³-hybridized carbons (Fsp3) is 0.462. The van der Waals surface area contributed by atoms with Gasteiger partial charge < -0.3 is 10.0 Å². The highest BCUT2D eigenvalue weighted by Gasteiger charge is 2.23. The highest BCUT2D eigenvalue weighted by Crippen LogP contribution is 2.27. The maximum atomic E-state index is 13.5. The van der Waals surface area contributed by atoms with E-state index in [-0.39, 0.29) is 17.2 Å². The van der Waals surface area contributed by atoms with Crippen molar-refractivity contribution in [1.82, 2.24) is 4.90 Å². The van der Waals surface area contributed by atoms with Gasteiger partial charge in [-0.05, 0) is 30.9 Å². The van der Waals surface area contributed by atoms with Crippen molar-refractivity contribution in [2.24, 2.45) is 5.92 Å². The van der Waals surface area contributed by atoms with E-state index in [1.807, 2.05) is 0 Å². The van der Waals surface area contributed by atoms with Crippen LogP contribution in [-0.2, 0) is 0 Å². The van der Waals surface area contributed by atoms with Crippen LogP contribution in [0.4, 0.5) is 4.39 Å². The Bertz CT molecular complexity index is 429. The van der Waals surface area contributed by atoms with E-state index in [1.54, 1.807) is 11.9 Å². The Hall–Kier alpha value is -1.58. The summed E-state index contributed by atoms with van der Waals surface area (Å²) in [5.74, 6) is -0.602. The highest BCUT2D eigenvalue weighted by atomic mass is 19.1. The predicted molar refractivity (Wildman–Crippen MR) is 62.4 cm³/mol. The number of phenolic OH excluding ortho intramolecular Hbond substituents is 1. The molecule has 0 atom stereocenters. The molecule has 1 aromatic rings. The maximum absolute atomic E-state index is 13.5. The summed E-state index contributed by atoms with van der Waals surface area (Å²) in [4.78, 5) is 13.5. The number of amides is 1. The zero-order valence-electron chi connectivity index (χ0n) is 9.82. The van der Waals surface area contributed by atoms with Gasteiger partial charge in [0.05, 0.1) is 5.56 Å². The van der Waals surface area contributed by atoms with Gasteiger partial charge in [0, 0.05) is 19.7 Å². The highest BCUT2D eigenvalue weighted by molar-refractivity contribution is 5.94. The number of rotatable bonds is 3. The number of hydrogen-bond donors (Lipinski definition) is 1. The minimum Gasteiger partial charge on any atom is -0.508 e. The van der Waals surface area contributed by atoms with Crippen molar-refractivity contribution in [3.63, 3.8) is 0 Å². The van der Waals surface area contributed by atoms with Crippen LogP contribution in [0.25, 0.3) is 0 Å². The number of benzene rings is 1. The fourth-order valence-corrected chi connectivity index (χ4v) is 2.03. The summed E-state index contributed by atoms with van der Waals surface area (Å²) >= 11 is 0. The van der Waals surface area contributed by atoms with Crippen molar-refractivity contribution in [1.29, 1.82) is 0 Å². The van der Waals surface area contributed by atoms with Crippen LogP contribution in [0.1, 0.15) is 29.6 Å². The number of halogens is 1. The number of phenols is 1. The van der Waals surface area contributed by atoms with Gasteiger partial charge in [-0.2, -0.15) is 0 Å². The van der Waals surface area contributed by atoms with E-state index in [0.717, 1.165) is 18.9 Å². The first-order valence-corrected chi connectivity index (χ1v) is 5.82. The number of aromatic hydroxyl groups is 1. The second kappa shape index (κ2) is 4.73. The summed E-state index contributed by atoms with van der Waals surface area (Å²) in [6.45, 7) is 0.680. The minimum absolute atomic E-state index is 0.0182. The molecule has 0 bridgehead atoms. The van der Waals surface area contributed by atoms with Crippen molar-refractivity contribution in [2.45, 2.75) is 19.3 Å². The molecule has 17 heavy (non-hydrogen) atoms. The number of carbonyl (C=O) groups excluding carboxylic acids is 1. The summed E-state index contributed by atoms with van der Waals surface area (Å²) in [6.07, 6.45) is 3.52. The van der Waals surface area contributed by atoms with Crippen LogP contribution in [-0.4, -0.2) is 29.5 Å². The first kappa shape index (κ1) is 11.9. The molecule has 3 nitrogen and oxygen atoms in total. The normalized spacial score (nSPS) is 15.4. The summed E-state index contributed by atoms with van der Waals surface area (Å²) < 4.78 is 13.5. The molecule has 1 aliphatic carbocycles. The minimum atomic E-state index is -0.671. The largest absolute Gasteiger partial charge is 0.508 e.